The van der Waals surface area contributed by atoms with E-state index in [4.69, 9.17) is 23.4 Å². The molecule has 0 aromatic carbocycles. The second kappa shape index (κ2) is 15.5. The average Bonchev–Trinajstić information content (AvgIpc) is 1.84. The maximum absolute atomic E-state index is 16.7. The SMILES string of the molecule is CC1C2CCCC2CCC1C1C=C2CC3CC4(CCCC4)CC34CC3CC5(C)C(c6ccoc6CC(C(O)CO)C6CCC7C(C=CN8CNCC78)C6)OC(=O)C6OC65C5(C)C(O)C(=O)C6C1(C)OC21C4C(=O)OCC61C35. The van der Waals surface area contributed by atoms with E-state index < -0.39 is 80.7 Å². The molecule has 5 bridgehead atoms. The Hall–Kier alpha value is -3.07. The zero-order valence-corrected chi connectivity index (χ0v) is 46.0. The smallest absolute Gasteiger partial charge is 0.339 e. The number of Topliss-reactive ketones (excluding diaryl/α,β-unsaturated/α-hetero) is 1. The summed E-state index contributed by atoms with van der Waals surface area (Å²) in [7, 11) is 0. The Morgan fingerprint density at radius 1 is 0.909 bits per heavy atom. The Morgan fingerprint density at radius 2 is 1.74 bits per heavy atom. The molecule has 8 heterocycles. The van der Waals surface area contributed by atoms with Crippen LogP contribution >= 0.6 is 0 Å². The van der Waals surface area contributed by atoms with Crippen molar-refractivity contribution in [2.45, 2.75) is 191 Å². The first kappa shape index (κ1) is 48.6. The molecule has 77 heavy (non-hydrogen) atoms. The largest absolute Gasteiger partial charge is 0.469 e. The molecule has 16 aliphatic rings. The lowest BCUT2D eigenvalue weighted by atomic mass is 9.32. The number of esters is 2. The third kappa shape index (κ3) is 5.43. The maximum Gasteiger partial charge on any atom is 0.339 e. The van der Waals surface area contributed by atoms with Crippen molar-refractivity contribution in [3.8, 4) is 0 Å². The van der Waals surface area contributed by atoms with Gasteiger partial charge in [0.2, 0.25) is 0 Å². The predicted octanol–water partition coefficient (Wildman–Crippen LogP) is 8.00. The van der Waals surface area contributed by atoms with Crippen LogP contribution in [0.2, 0.25) is 0 Å². The highest BCUT2D eigenvalue weighted by Crippen LogP contribution is 2.89. The third-order valence-corrected chi connectivity index (χ3v) is 28.4. The Balaban J connectivity index is 0.812. The van der Waals surface area contributed by atoms with Gasteiger partial charge in [-0.15, -0.1) is 0 Å². The number of ketones is 1. The highest BCUT2D eigenvalue weighted by atomic mass is 16.7. The molecule has 9 saturated carbocycles. The van der Waals surface area contributed by atoms with Crippen LogP contribution in [-0.4, -0.2) is 106 Å². The van der Waals surface area contributed by atoms with E-state index in [1.165, 1.54) is 44.1 Å². The molecule has 4 N–H and O–H groups in total. The number of furan rings is 1. The maximum atomic E-state index is 16.7. The van der Waals surface area contributed by atoms with Gasteiger partial charge in [0.05, 0.1) is 48.5 Å². The van der Waals surface area contributed by atoms with Gasteiger partial charge in [-0.25, -0.2) is 4.79 Å². The molecule has 13 heteroatoms. The normalized spacial score (nSPS) is 55.9. The molecule has 416 valence electrons. The van der Waals surface area contributed by atoms with Gasteiger partial charge in [-0.1, -0.05) is 58.6 Å². The van der Waals surface area contributed by atoms with E-state index in [9.17, 15) is 15.3 Å². The quantitative estimate of drug-likeness (QED) is 0.117. The van der Waals surface area contributed by atoms with Crippen LogP contribution in [-0.2, 0) is 39.8 Å². The molecule has 0 amide bonds. The summed E-state index contributed by atoms with van der Waals surface area (Å²) in [6.07, 6.45) is 22.9. The minimum Gasteiger partial charge on any atom is -0.469 e. The number of nitrogens with zero attached hydrogens (tertiary/aromatic N) is 1. The zero-order chi connectivity index (χ0) is 52.3. The van der Waals surface area contributed by atoms with E-state index in [0.29, 0.717) is 54.2 Å². The number of aliphatic hydroxyl groups excluding tert-OH is 3. The summed E-state index contributed by atoms with van der Waals surface area (Å²) in [5.41, 5.74) is -5.01. The minimum atomic E-state index is -1.49. The molecule has 26 unspecified atom stereocenters. The number of allylic oxidation sites excluding steroid dienone is 1. The molecule has 7 aliphatic heterocycles. The van der Waals surface area contributed by atoms with Crippen LogP contribution in [0.25, 0.3) is 0 Å². The van der Waals surface area contributed by atoms with Crippen LogP contribution in [0.3, 0.4) is 0 Å². The van der Waals surface area contributed by atoms with E-state index in [2.05, 4.69) is 56.3 Å². The number of aliphatic hydroxyl groups is 3. The van der Waals surface area contributed by atoms with Crippen LogP contribution in [0.4, 0.5) is 0 Å². The van der Waals surface area contributed by atoms with Crippen molar-refractivity contribution in [1.82, 2.24) is 10.2 Å². The summed E-state index contributed by atoms with van der Waals surface area (Å²) in [6, 6.07) is 2.41. The van der Waals surface area contributed by atoms with Crippen LogP contribution in [0.1, 0.15) is 154 Å². The average molecular weight is 1060 g/mol. The number of fused-ring (bicyclic) bond motifs is 6. The van der Waals surface area contributed by atoms with Gasteiger partial charge < -0.3 is 43.6 Å². The number of cyclic esters (lactones) is 2. The fourth-order valence-electron chi connectivity index (χ4n) is 26.2. The molecule has 26 atom stereocenters. The van der Waals surface area contributed by atoms with Gasteiger partial charge >= 0.3 is 11.9 Å². The van der Waals surface area contributed by atoms with E-state index in [1.807, 2.05) is 6.07 Å². The molecule has 5 saturated heterocycles. The Bertz CT molecular complexity index is 2800. The number of hydrogen-bond acceptors (Lipinski definition) is 13. The molecule has 1 aromatic heterocycles. The number of carbonyl (C=O) groups is 3. The van der Waals surface area contributed by atoms with Crippen LogP contribution < -0.4 is 5.32 Å². The summed E-state index contributed by atoms with van der Waals surface area (Å²) in [5, 5.41) is 39.9. The molecule has 9 aliphatic carbocycles. The number of ether oxygens (including phenoxy) is 4. The van der Waals surface area contributed by atoms with Gasteiger partial charge in [0.1, 0.15) is 35.8 Å². The van der Waals surface area contributed by atoms with Crippen molar-refractivity contribution in [3.05, 3.63) is 47.6 Å². The Morgan fingerprint density at radius 3 is 2.57 bits per heavy atom. The lowest BCUT2D eigenvalue weighted by molar-refractivity contribution is -0.281. The summed E-state index contributed by atoms with van der Waals surface area (Å²) in [4.78, 5) is 49.8. The summed E-state index contributed by atoms with van der Waals surface area (Å²) in [5.74, 6) is 1.02. The van der Waals surface area contributed by atoms with Gasteiger partial charge in [-0.2, -0.15) is 0 Å². The van der Waals surface area contributed by atoms with Gasteiger partial charge in [0.15, 0.2) is 11.9 Å². The van der Waals surface area contributed by atoms with Crippen LogP contribution in [0, 0.1) is 110 Å². The Labute approximate surface area is 453 Å². The van der Waals surface area contributed by atoms with Gasteiger partial charge in [0.25, 0.3) is 0 Å². The van der Waals surface area contributed by atoms with Gasteiger partial charge in [-0.3, -0.25) is 14.9 Å². The monoisotopic (exact) mass is 1060 g/mol. The lowest BCUT2D eigenvalue weighted by Gasteiger charge is -2.70. The lowest BCUT2D eigenvalue weighted by Crippen LogP contribution is -2.80. The van der Waals surface area contributed by atoms with E-state index in [-0.39, 0.29) is 65.9 Å². The van der Waals surface area contributed by atoms with Crippen molar-refractivity contribution in [2.24, 2.45) is 110 Å². The molecule has 13 nitrogen and oxygen atoms in total. The highest BCUT2D eigenvalue weighted by Gasteiger charge is 2.97. The summed E-state index contributed by atoms with van der Waals surface area (Å²) >= 11 is 0. The molecule has 1 aromatic rings. The molecule has 14 fully saturated rings. The molecule has 17 rings (SSSR count). The summed E-state index contributed by atoms with van der Waals surface area (Å²) < 4.78 is 35.8. The predicted molar refractivity (Wildman–Crippen MR) is 278 cm³/mol. The number of carbonyl (C=O) groups excluding carboxylic acids is 3. The van der Waals surface area contributed by atoms with Crippen molar-refractivity contribution >= 4 is 17.7 Å². The first-order chi connectivity index (χ1) is 37.0. The number of nitrogens with one attached hydrogen (secondary N) is 1. The van der Waals surface area contributed by atoms with Crippen LogP contribution in [0.15, 0.2) is 40.7 Å². The van der Waals surface area contributed by atoms with E-state index >= 15 is 14.4 Å². The number of hydrogen-bond donors (Lipinski definition) is 4. The number of epoxide rings is 1. The standard InChI is InChI=1S/C64H84N2O11/c1-32-39-9-7-8-33(39)10-12-40(32)44-22-37-21-38-26-60(16-5-6-17-60)29-61(38)25-36-24-57(2)53(42-15-19-73-47(42)23-43(46(68)28-67)34-11-13-41-35(20-34)14-18-66-31-65-27-45(41)66)75-56(72)54-64(57,76-54)58(3)49(36)62-30-74-55(71)51(61)63(37,62)77-59(44,4)50(62)48(69)52(58)70/h14-15,18-19,22,32-36,38-41,43-46,49-54,65,67-68,70H,5-13,16-17,20-21,23-31H2,1-4H3. The Kier molecular flexibility index (Phi) is 9.80. The fraction of sp³-hybridized carbons (Fsp3) is 0.828. The number of rotatable bonds is 7. The molecular formula is C64H84N2O11. The van der Waals surface area contributed by atoms with Crippen molar-refractivity contribution in [1.29, 1.82) is 0 Å². The van der Waals surface area contributed by atoms with Crippen LogP contribution in [0.5, 0.6) is 0 Å². The van der Waals surface area contributed by atoms with Crippen molar-refractivity contribution in [2.75, 3.05) is 26.4 Å². The fourth-order valence-corrected chi connectivity index (χ4v) is 26.2. The van der Waals surface area contributed by atoms with Crippen molar-refractivity contribution < 1.29 is 53.1 Å². The highest BCUT2D eigenvalue weighted by molar-refractivity contribution is 5.94. The van der Waals surface area contributed by atoms with Gasteiger partial charge in [0, 0.05) is 41.3 Å². The van der Waals surface area contributed by atoms with E-state index in [0.717, 1.165) is 88.9 Å². The van der Waals surface area contributed by atoms with Crippen molar-refractivity contribution in [3.63, 3.8) is 0 Å². The van der Waals surface area contributed by atoms with Gasteiger partial charge in [-0.05, 0) is 184 Å². The summed E-state index contributed by atoms with van der Waals surface area (Å²) in [6.45, 7) is 10.6. The topological polar surface area (TPSA) is 181 Å². The molecule has 5 spiro atoms. The third-order valence-electron chi connectivity index (χ3n) is 28.4. The zero-order valence-electron chi connectivity index (χ0n) is 46.0. The second-order valence-electron chi connectivity index (χ2n) is 30.5. The first-order valence-corrected chi connectivity index (χ1v) is 31.2. The first-order valence-electron chi connectivity index (χ1n) is 31.2. The second-order valence-corrected chi connectivity index (χ2v) is 30.5. The molecular weight excluding hydrogens is 973 g/mol. The van der Waals surface area contributed by atoms with E-state index in [1.54, 1.807) is 6.26 Å². The minimum absolute atomic E-state index is 0.0544. The molecule has 0 radical (unpaired) electrons.